The lowest BCUT2D eigenvalue weighted by Gasteiger charge is -2.25. The molecular weight excluding hydrogens is 456 g/mol. The van der Waals surface area contributed by atoms with Crippen molar-refractivity contribution in [1.82, 2.24) is 14.8 Å². The van der Waals surface area contributed by atoms with Crippen LogP contribution in [0.4, 0.5) is 0 Å². The highest BCUT2D eigenvalue weighted by atomic mass is 16.2. The lowest BCUT2D eigenvalue weighted by Crippen LogP contribution is -2.45. The lowest BCUT2D eigenvalue weighted by molar-refractivity contribution is -0.140. The molecule has 2 aromatic carbocycles. The minimum Gasteiger partial charge on any atom is -0.346 e. The van der Waals surface area contributed by atoms with Crippen LogP contribution < -0.4 is 5.84 Å². The molecule has 0 fully saturated rings. The molecule has 4 rings (SSSR count). The van der Waals surface area contributed by atoms with Gasteiger partial charge in [-0.15, -0.1) is 0 Å². The number of hydrazine groups is 1. The molecule has 2 amide bonds. The Morgan fingerprint density at radius 3 is 1.44 bits per heavy atom. The molecule has 2 aromatic rings. The van der Waals surface area contributed by atoms with E-state index in [0.717, 1.165) is 0 Å². The van der Waals surface area contributed by atoms with Crippen LogP contribution >= 0.6 is 0 Å². The molecule has 0 saturated carbocycles. The van der Waals surface area contributed by atoms with Gasteiger partial charge >= 0.3 is 0 Å². The van der Waals surface area contributed by atoms with Crippen molar-refractivity contribution in [3.05, 3.63) is 120 Å². The lowest BCUT2D eigenvalue weighted by atomic mass is 10.1. The predicted octanol–water partition coefficient (Wildman–Crippen LogP) is 3.19. The van der Waals surface area contributed by atoms with Gasteiger partial charge in [0.1, 0.15) is 0 Å². The molecule has 182 valence electrons. The molecule has 0 saturated heterocycles. The zero-order valence-corrected chi connectivity index (χ0v) is 19.6. The normalized spacial score (nSPS) is 14.7. The van der Waals surface area contributed by atoms with E-state index in [1.165, 1.54) is 12.4 Å². The predicted molar refractivity (Wildman–Crippen MR) is 135 cm³/mol. The summed E-state index contributed by atoms with van der Waals surface area (Å²) in [6.45, 7) is 0.103. The van der Waals surface area contributed by atoms with Gasteiger partial charge in [0, 0.05) is 47.1 Å². The van der Waals surface area contributed by atoms with Gasteiger partial charge in [-0.2, -0.15) is 0 Å². The molecule has 0 atom stereocenters. The van der Waals surface area contributed by atoms with E-state index in [-0.39, 0.29) is 48.6 Å². The molecule has 2 aliphatic heterocycles. The van der Waals surface area contributed by atoms with Crippen LogP contribution in [0.15, 0.2) is 109 Å². The van der Waals surface area contributed by atoms with E-state index < -0.39 is 11.8 Å². The van der Waals surface area contributed by atoms with Crippen molar-refractivity contribution in [2.75, 3.05) is 13.1 Å². The van der Waals surface area contributed by atoms with E-state index in [2.05, 4.69) is 0 Å². The summed E-state index contributed by atoms with van der Waals surface area (Å²) in [7, 11) is 0. The standard InChI is InChI=1S/C28H26N4O4/c29-32(27(35)23-13-7-15-30(17-23)19-25(33)21-9-3-1-4-10-21)28(36)24-14-8-16-31(18-24)20-26(34)22-11-5-2-6-12-22/h1-12,15-18H,13-14,19-20,29H2. The third-order valence-corrected chi connectivity index (χ3v) is 5.74. The summed E-state index contributed by atoms with van der Waals surface area (Å²) in [4.78, 5) is 54.2. The number of nitrogens with zero attached hydrogens (tertiary/aromatic N) is 3. The Morgan fingerprint density at radius 2 is 1.06 bits per heavy atom. The number of ketones is 2. The van der Waals surface area contributed by atoms with Gasteiger partial charge in [-0.05, 0) is 12.8 Å². The van der Waals surface area contributed by atoms with Gasteiger partial charge in [-0.1, -0.05) is 72.8 Å². The van der Waals surface area contributed by atoms with Gasteiger partial charge in [0.2, 0.25) is 0 Å². The number of carbonyl (C=O) groups excluding carboxylic acids is 4. The average molecular weight is 483 g/mol. The van der Waals surface area contributed by atoms with Crippen LogP contribution in [0.1, 0.15) is 33.6 Å². The summed E-state index contributed by atoms with van der Waals surface area (Å²) in [6.07, 6.45) is 10.6. The molecule has 36 heavy (non-hydrogen) atoms. The molecule has 0 spiro atoms. The molecule has 0 aliphatic carbocycles. The minimum atomic E-state index is -0.649. The molecule has 2 aliphatic rings. The fourth-order valence-electron chi connectivity index (χ4n) is 3.87. The zero-order chi connectivity index (χ0) is 25.5. The first kappa shape index (κ1) is 24.6. The highest BCUT2D eigenvalue weighted by Crippen LogP contribution is 2.19. The summed E-state index contributed by atoms with van der Waals surface area (Å²) in [5.41, 5.74) is 1.72. The summed E-state index contributed by atoms with van der Waals surface area (Å²) < 4.78 is 0. The quantitative estimate of drug-likeness (QED) is 0.203. The maximum Gasteiger partial charge on any atom is 0.272 e. The summed E-state index contributed by atoms with van der Waals surface area (Å²) >= 11 is 0. The van der Waals surface area contributed by atoms with Crippen LogP contribution in [0, 0.1) is 0 Å². The first-order chi connectivity index (χ1) is 17.4. The third kappa shape index (κ3) is 5.92. The SMILES string of the molecule is NN(C(=O)C1=CN(CC(=O)c2ccccc2)C=CC1)C(=O)C1=CN(CC(=O)c2ccccc2)C=CC1. The van der Waals surface area contributed by atoms with Crippen LogP contribution in [-0.2, 0) is 9.59 Å². The van der Waals surface area contributed by atoms with Crippen molar-refractivity contribution in [2.45, 2.75) is 12.8 Å². The number of imide groups is 1. The first-order valence-electron chi connectivity index (χ1n) is 11.5. The molecule has 0 radical (unpaired) electrons. The van der Waals surface area contributed by atoms with Gasteiger partial charge in [0.05, 0.1) is 13.1 Å². The number of hydrogen-bond donors (Lipinski definition) is 1. The van der Waals surface area contributed by atoms with Gasteiger partial charge in [0.15, 0.2) is 11.6 Å². The Kier molecular flexibility index (Phi) is 7.67. The molecule has 0 unspecified atom stereocenters. The van der Waals surface area contributed by atoms with Crippen LogP contribution in [0.3, 0.4) is 0 Å². The van der Waals surface area contributed by atoms with Crippen LogP contribution in [0.25, 0.3) is 0 Å². The van der Waals surface area contributed by atoms with E-state index in [1.54, 1.807) is 82.9 Å². The Labute approximate surface area is 209 Å². The number of hydrogen-bond acceptors (Lipinski definition) is 7. The van der Waals surface area contributed by atoms with Crippen molar-refractivity contribution in [1.29, 1.82) is 0 Å². The zero-order valence-electron chi connectivity index (χ0n) is 19.6. The monoisotopic (exact) mass is 482 g/mol. The Balaban J connectivity index is 1.39. The van der Waals surface area contributed by atoms with Crippen molar-refractivity contribution in [3.8, 4) is 0 Å². The molecule has 8 nitrogen and oxygen atoms in total. The minimum absolute atomic E-state index is 0.0517. The molecular formula is C28H26N4O4. The maximum atomic E-state index is 13.0. The number of benzene rings is 2. The molecule has 0 bridgehead atoms. The summed E-state index contributed by atoms with van der Waals surface area (Å²) in [6, 6.07) is 17.7. The van der Waals surface area contributed by atoms with Crippen molar-refractivity contribution >= 4 is 23.4 Å². The molecule has 0 aromatic heterocycles. The van der Waals surface area contributed by atoms with Crippen LogP contribution in [-0.4, -0.2) is 51.3 Å². The third-order valence-electron chi connectivity index (χ3n) is 5.74. The van der Waals surface area contributed by atoms with Gasteiger partial charge in [-0.25, -0.2) is 10.9 Å². The van der Waals surface area contributed by atoms with Crippen molar-refractivity contribution in [2.24, 2.45) is 5.84 Å². The number of amides is 2. The second-order valence-corrected chi connectivity index (χ2v) is 8.39. The fourth-order valence-corrected chi connectivity index (χ4v) is 3.87. The number of allylic oxidation sites excluding steroid dienone is 2. The van der Waals surface area contributed by atoms with Gasteiger partial charge in [-0.3, -0.25) is 19.2 Å². The smallest absolute Gasteiger partial charge is 0.272 e. The van der Waals surface area contributed by atoms with Gasteiger partial charge in [0.25, 0.3) is 11.8 Å². The maximum absolute atomic E-state index is 13.0. The second-order valence-electron chi connectivity index (χ2n) is 8.39. The average Bonchev–Trinajstić information content (AvgIpc) is 2.93. The Bertz CT molecular complexity index is 1180. The Hall–Kier alpha value is -4.56. The van der Waals surface area contributed by atoms with E-state index in [0.29, 0.717) is 16.1 Å². The highest BCUT2D eigenvalue weighted by molar-refractivity contribution is 6.09. The van der Waals surface area contributed by atoms with Crippen LogP contribution in [0.2, 0.25) is 0 Å². The number of carbonyl (C=O) groups is 4. The van der Waals surface area contributed by atoms with Crippen molar-refractivity contribution in [3.63, 3.8) is 0 Å². The highest BCUT2D eigenvalue weighted by Gasteiger charge is 2.27. The molecule has 2 heterocycles. The van der Waals surface area contributed by atoms with Gasteiger partial charge < -0.3 is 9.80 Å². The number of Topliss-reactive ketones (excluding diaryl/α,β-unsaturated/α-hetero) is 2. The first-order valence-corrected chi connectivity index (χ1v) is 11.5. The van der Waals surface area contributed by atoms with Crippen molar-refractivity contribution < 1.29 is 19.2 Å². The topological polar surface area (TPSA) is 104 Å². The summed E-state index contributed by atoms with van der Waals surface area (Å²) in [5.74, 6) is 4.43. The second kappa shape index (κ2) is 11.2. The van der Waals surface area contributed by atoms with E-state index in [9.17, 15) is 19.2 Å². The van der Waals surface area contributed by atoms with E-state index in [1.807, 2.05) is 12.1 Å². The molecule has 2 N–H and O–H groups in total. The largest absolute Gasteiger partial charge is 0.346 e. The number of nitrogens with two attached hydrogens (primary N) is 1. The fraction of sp³-hybridized carbons (Fsp3) is 0.143. The van der Waals surface area contributed by atoms with E-state index >= 15 is 0 Å². The summed E-state index contributed by atoms with van der Waals surface area (Å²) in [5, 5.41) is 0.588. The molecule has 8 heteroatoms. The van der Waals surface area contributed by atoms with Crippen LogP contribution in [0.5, 0.6) is 0 Å². The number of rotatable bonds is 8. The Morgan fingerprint density at radius 1 is 0.667 bits per heavy atom. The van der Waals surface area contributed by atoms with E-state index in [4.69, 9.17) is 5.84 Å².